The molecule has 1 aromatic rings. The molecule has 0 radical (unpaired) electrons. The standard InChI is InChI=1S/C10H9BrN2/c11-7-3-6(5-12)8-1-2-10(13)9(8)4-7/h3-4,10H,1-2,13H2/t10-/m1/s1. The Balaban J connectivity index is 2.65. The van der Waals surface area contributed by atoms with E-state index in [-0.39, 0.29) is 6.04 Å². The Hall–Kier alpha value is -0.850. The van der Waals surface area contributed by atoms with Gasteiger partial charge in [0.1, 0.15) is 0 Å². The highest BCUT2D eigenvalue weighted by molar-refractivity contribution is 9.10. The van der Waals surface area contributed by atoms with Gasteiger partial charge in [0, 0.05) is 10.5 Å². The molecule has 2 N–H and O–H groups in total. The summed E-state index contributed by atoms with van der Waals surface area (Å²) in [6.45, 7) is 0. The van der Waals surface area contributed by atoms with E-state index in [1.54, 1.807) is 0 Å². The lowest BCUT2D eigenvalue weighted by atomic mass is 10.0. The fraction of sp³-hybridized carbons (Fsp3) is 0.300. The zero-order valence-corrected chi connectivity index (χ0v) is 8.63. The smallest absolute Gasteiger partial charge is 0.0995 e. The van der Waals surface area contributed by atoms with E-state index in [0.29, 0.717) is 0 Å². The molecule has 3 heteroatoms. The van der Waals surface area contributed by atoms with Crippen molar-refractivity contribution in [3.63, 3.8) is 0 Å². The van der Waals surface area contributed by atoms with Gasteiger partial charge in [-0.15, -0.1) is 0 Å². The van der Waals surface area contributed by atoms with Crippen LogP contribution in [0.25, 0.3) is 0 Å². The van der Waals surface area contributed by atoms with Crippen LogP contribution in [0.1, 0.15) is 29.2 Å². The molecule has 66 valence electrons. The first-order valence-electron chi connectivity index (χ1n) is 4.20. The molecule has 1 atom stereocenters. The van der Waals surface area contributed by atoms with Crippen LogP contribution in [-0.4, -0.2) is 0 Å². The molecule has 0 fully saturated rings. The topological polar surface area (TPSA) is 49.8 Å². The maximum atomic E-state index is 8.90. The Morgan fingerprint density at radius 1 is 1.54 bits per heavy atom. The number of hydrogen-bond donors (Lipinski definition) is 1. The third-order valence-electron chi connectivity index (χ3n) is 2.47. The number of nitrogens with zero attached hydrogens (tertiary/aromatic N) is 1. The average molecular weight is 237 g/mol. The molecule has 13 heavy (non-hydrogen) atoms. The van der Waals surface area contributed by atoms with E-state index >= 15 is 0 Å². The summed E-state index contributed by atoms with van der Waals surface area (Å²) in [4.78, 5) is 0. The highest BCUT2D eigenvalue weighted by Crippen LogP contribution is 2.33. The van der Waals surface area contributed by atoms with Crippen molar-refractivity contribution in [1.82, 2.24) is 0 Å². The number of hydrogen-bond acceptors (Lipinski definition) is 2. The fourth-order valence-corrected chi connectivity index (χ4v) is 2.30. The van der Waals surface area contributed by atoms with Crippen LogP contribution in [-0.2, 0) is 6.42 Å². The van der Waals surface area contributed by atoms with E-state index in [2.05, 4.69) is 22.0 Å². The lowest BCUT2D eigenvalue weighted by Gasteiger charge is -2.06. The number of halogens is 1. The first kappa shape index (κ1) is 8.74. The van der Waals surface area contributed by atoms with Gasteiger partial charge in [0.2, 0.25) is 0 Å². The number of nitriles is 1. The summed E-state index contributed by atoms with van der Waals surface area (Å²) in [6, 6.07) is 6.19. The predicted molar refractivity (Wildman–Crippen MR) is 54.1 cm³/mol. The summed E-state index contributed by atoms with van der Waals surface area (Å²) in [5, 5.41) is 8.90. The molecular weight excluding hydrogens is 228 g/mol. The maximum Gasteiger partial charge on any atom is 0.0995 e. The third-order valence-corrected chi connectivity index (χ3v) is 2.93. The van der Waals surface area contributed by atoms with Crippen LogP contribution in [0, 0.1) is 11.3 Å². The quantitative estimate of drug-likeness (QED) is 0.752. The van der Waals surface area contributed by atoms with Gasteiger partial charge in [-0.3, -0.25) is 0 Å². The van der Waals surface area contributed by atoms with Crippen molar-refractivity contribution in [3.05, 3.63) is 33.3 Å². The van der Waals surface area contributed by atoms with Crippen molar-refractivity contribution in [2.75, 3.05) is 0 Å². The number of rotatable bonds is 0. The van der Waals surface area contributed by atoms with Crippen LogP contribution >= 0.6 is 15.9 Å². The molecule has 1 aliphatic carbocycles. The Morgan fingerprint density at radius 3 is 3.00 bits per heavy atom. The largest absolute Gasteiger partial charge is 0.324 e. The highest BCUT2D eigenvalue weighted by atomic mass is 79.9. The van der Waals surface area contributed by atoms with Crippen molar-refractivity contribution in [2.24, 2.45) is 5.73 Å². The van der Waals surface area contributed by atoms with Crippen molar-refractivity contribution < 1.29 is 0 Å². The average Bonchev–Trinajstić information content (AvgIpc) is 2.47. The van der Waals surface area contributed by atoms with Crippen LogP contribution in [0.15, 0.2) is 16.6 Å². The van der Waals surface area contributed by atoms with E-state index in [1.807, 2.05) is 12.1 Å². The summed E-state index contributed by atoms with van der Waals surface area (Å²) < 4.78 is 0.945. The molecule has 0 saturated heterocycles. The molecule has 1 aliphatic rings. The highest BCUT2D eigenvalue weighted by Gasteiger charge is 2.22. The Kier molecular flexibility index (Phi) is 2.10. The molecule has 0 bridgehead atoms. The number of nitrogens with two attached hydrogens (primary N) is 1. The molecule has 0 saturated carbocycles. The van der Waals surface area contributed by atoms with Gasteiger partial charge in [-0.25, -0.2) is 0 Å². The van der Waals surface area contributed by atoms with Crippen molar-refractivity contribution >= 4 is 15.9 Å². The second-order valence-corrected chi connectivity index (χ2v) is 4.19. The van der Waals surface area contributed by atoms with E-state index < -0.39 is 0 Å². The summed E-state index contributed by atoms with van der Waals surface area (Å²) in [7, 11) is 0. The van der Waals surface area contributed by atoms with Gasteiger partial charge in [0.25, 0.3) is 0 Å². The van der Waals surface area contributed by atoms with Crippen molar-refractivity contribution in [3.8, 4) is 6.07 Å². The van der Waals surface area contributed by atoms with Crippen LogP contribution in [0.3, 0.4) is 0 Å². The van der Waals surface area contributed by atoms with E-state index in [9.17, 15) is 0 Å². The number of benzene rings is 1. The van der Waals surface area contributed by atoms with E-state index in [1.165, 1.54) is 0 Å². The minimum absolute atomic E-state index is 0.111. The van der Waals surface area contributed by atoms with Gasteiger partial charge in [-0.05, 0) is 36.1 Å². The molecule has 0 aromatic heterocycles. The van der Waals surface area contributed by atoms with Gasteiger partial charge in [0.05, 0.1) is 11.6 Å². The lowest BCUT2D eigenvalue weighted by molar-refractivity contribution is 0.713. The normalized spacial score (nSPS) is 19.6. The Bertz CT molecular complexity index is 393. The Morgan fingerprint density at radius 2 is 2.31 bits per heavy atom. The van der Waals surface area contributed by atoms with Crippen LogP contribution in [0.4, 0.5) is 0 Å². The summed E-state index contributed by atoms with van der Waals surface area (Å²) in [5.41, 5.74) is 8.94. The first-order chi connectivity index (χ1) is 6.22. The monoisotopic (exact) mass is 236 g/mol. The molecular formula is C10H9BrN2. The third kappa shape index (κ3) is 1.37. The lowest BCUT2D eigenvalue weighted by Crippen LogP contribution is -2.05. The van der Waals surface area contributed by atoms with E-state index in [4.69, 9.17) is 11.0 Å². The number of fused-ring (bicyclic) bond motifs is 1. The molecule has 1 aromatic carbocycles. The van der Waals surface area contributed by atoms with Crippen LogP contribution < -0.4 is 5.73 Å². The second kappa shape index (κ2) is 3.13. The molecule has 0 spiro atoms. The molecule has 0 amide bonds. The minimum Gasteiger partial charge on any atom is -0.324 e. The predicted octanol–water partition coefficient (Wildman–Crippen LogP) is 2.27. The van der Waals surface area contributed by atoms with Gasteiger partial charge >= 0.3 is 0 Å². The molecule has 0 aliphatic heterocycles. The summed E-state index contributed by atoms with van der Waals surface area (Å²) in [6.07, 6.45) is 1.90. The fourth-order valence-electron chi connectivity index (χ4n) is 1.82. The van der Waals surface area contributed by atoms with Crippen LogP contribution in [0.2, 0.25) is 0 Å². The van der Waals surface area contributed by atoms with Crippen LogP contribution in [0.5, 0.6) is 0 Å². The minimum atomic E-state index is 0.111. The molecule has 2 nitrogen and oxygen atoms in total. The van der Waals surface area contributed by atoms with E-state index in [0.717, 1.165) is 34.0 Å². The van der Waals surface area contributed by atoms with Gasteiger partial charge in [0.15, 0.2) is 0 Å². The zero-order valence-electron chi connectivity index (χ0n) is 7.05. The first-order valence-corrected chi connectivity index (χ1v) is 4.99. The SMILES string of the molecule is N#Cc1cc(Br)cc2c1CC[C@H]2N. The second-order valence-electron chi connectivity index (χ2n) is 3.28. The Labute approximate surface area is 85.5 Å². The van der Waals surface area contributed by atoms with Gasteiger partial charge in [-0.1, -0.05) is 15.9 Å². The zero-order chi connectivity index (χ0) is 9.42. The maximum absolute atomic E-state index is 8.90. The van der Waals surface area contributed by atoms with Crippen molar-refractivity contribution in [1.29, 1.82) is 5.26 Å². The summed E-state index contributed by atoms with van der Waals surface area (Å²) >= 11 is 3.38. The van der Waals surface area contributed by atoms with Crippen molar-refractivity contribution in [2.45, 2.75) is 18.9 Å². The molecule has 2 rings (SSSR count). The van der Waals surface area contributed by atoms with Gasteiger partial charge in [-0.2, -0.15) is 5.26 Å². The molecule has 0 unspecified atom stereocenters. The van der Waals surface area contributed by atoms with Gasteiger partial charge < -0.3 is 5.73 Å². The summed E-state index contributed by atoms with van der Waals surface area (Å²) in [5.74, 6) is 0. The molecule has 0 heterocycles.